The van der Waals surface area contributed by atoms with Gasteiger partial charge in [0.25, 0.3) is 11.6 Å². The number of amides is 1. The Labute approximate surface area is 176 Å². The summed E-state index contributed by atoms with van der Waals surface area (Å²) in [5, 5.41) is 8.42. The third-order valence-corrected chi connectivity index (χ3v) is 6.23. The van der Waals surface area contributed by atoms with Gasteiger partial charge in [-0.05, 0) is 38.7 Å². The van der Waals surface area contributed by atoms with Crippen LogP contribution in [-0.2, 0) is 0 Å². The highest BCUT2D eigenvalue weighted by atomic mass is 35.5. The molecular weight excluding hydrogens is 388 g/mol. The molecular formula is C22H25ClN4O2. The van der Waals surface area contributed by atoms with Crippen molar-refractivity contribution >= 4 is 29.4 Å². The van der Waals surface area contributed by atoms with Crippen LogP contribution < -0.4 is 5.32 Å². The fourth-order valence-electron chi connectivity index (χ4n) is 4.72. The van der Waals surface area contributed by atoms with E-state index in [0.717, 1.165) is 24.1 Å². The van der Waals surface area contributed by atoms with E-state index >= 15 is 0 Å². The van der Waals surface area contributed by atoms with Gasteiger partial charge in [-0.25, -0.2) is 4.98 Å². The maximum Gasteiger partial charge on any atom is 0.259 e. The molecule has 29 heavy (non-hydrogen) atoms. The Balaban J connectivity index is 0.00000205. The van der Waals surface area contributed by atoms with E-state index in [-0.39, 0.29) is 24.4 Å². The van der Waals surface area contributed by atoms with Crippen LogP contribution in [0.5, 0.6) is 0 Å². The number of nitrogens with zero attached hydrogens (tertiary/aromatic N) is 3. The summed E-state index contributed by atoms with van der Waals surface area (Å²) < 4.78 is 5.43. The van der Waals surface area contributed by atoms with Gasteiger partial charge in [-0.2, -0.15) is 0 Å². The Bertz CT molecular complexity index is 1020. The summed E-state index contributed by atoms with van der Waals surface area (Å²) in [7, 11) is 1.93. The third-order valence-electron chi connectivity index (χ3n) is 6.23. The molecule has 2 saturated heterocycles. The second-order valence-corrected chi connectivity index (χ2v) is 8.05. The summed E-state index contributed by atoms with van der Waals surface area (Å²) in [6.07, 6.45) is 4.46. The average Bonchev–Trinajstić information content (AvgIpc) is 3.28. The molecule has 1 aromatic carbocycles. The number of carbonyl (C=O) groups is 1. The molecule has 7 heteroatoms. The van der Waals surface area contributed by atoms with Crippen LogP contribution in [0.2, 0.25) is 0 Å². The Morgan fingerprint density at radius 3 is 2.55 bits per heavy atom. The van der Waals surface area contributed by atoms with Crippen LogP contribution in [0.25, 0.3) is 22.4 Å². The van der Waals surface area contributed by atoms with Gasteiger partial charge in [-0.15, -0.1) is 12.4 Å². The smallest absolute Gasteiger partial charge is 0.259 e. The number of aromatic nitrogens is 2. The first-order valence-corrected chi connectivity index (χ1v) is 9.96. The van der Waals surface area contributed by atoms with Gasteiger partial charge in [0.2, 0.25) is 0 Å². The second kappa shape index (κ2) is 7.76. The van der Waals surface area contributed by atoms with E-state index in [1.165, 1.54) is 12.8 Å². The highest BCUT2D eigenvalue weighted by Gasteiger charge is 2.37. The molecule has 2 fully saturated rings. The minimum Gasteiger partial charge on any atom is -0.339 e. The molecule has 6 nitrogen and oxygen atoms in total. The number of aryl methyl sites for hydroxylation is 1. The maximum absolute atomic E-state index is 13.5. The molecule has 3 aromatic rings. The molecule has 0 aliphatic carbocycles. The second-order valence-electron chi connectivity index (χ2n) is 8.05. The molecule has 0 radical (unpaired) electrons. The number of halogens is 1. The molecule has 0 spiro atoms. The van der Waals surface area contributed by atoms with Gasteiger partial charge >= 0.3 is 0 Å². The van der Waals surface area contributed by atoms with Crippen molar-refractivity contribution in [2.24, 2.45) is 0 Å². The Morgan fingerprint density at radius 1 is 1.17 bits per heavy atom. The number of rotatable bonds is 3. The molecule has 2 atom stereocenters. The monoisotopic (exact) mass is 412 g/mol. The third kappa shape index (κ3) is 3.51. The predicted molar refractivity (Wildman–Crippen MR) is 114 cm³/mol. The van der Waals surface area contributed by atoms with Crippen molar-refractivity contribution in [2.75, 3.05) is 7.05 Å². The highest BCUT2D eigenvalue weighted by molar-refractivity contribution is 6.07. The van der Waals surface area contributed by atoms with Crippen molar-refractivity contribution < 1.29 is 9.32 Å². The van der Waals surface area contributed by atoms with Gasteiger partial charge < -0.3 is 14.7 Å². The predicted octanol–water partition coefficient (Wildman–Crippen LogP) is 3.98. The number of hydrogen-bond donors (Lipinski definition) is 1. The summed E-state index contributed by atoms with van der Waals surface area (Å²) in [5.41, 5.74) is 3.42. The zero-order chi connectivity index (χ0) is 19.3. The number of carbonyl (C=O) groups excluding carboxylic acids is 1. The van der Waals surface area contributed by atoms with Gasteiger partial charge in [-0.3, -0.25) is 4.79 Å². The number of nitrogens with one attached hydrogen (secondary N) is 1. The van der Waals surface area contributed by atoms with E-state index in [1.54, 1.807) is 0 Å². The molecule has 5 rings (SSSR count). The largest absolute Gasteiger partial charge is 0.339 e. The van der Waals surface area contributed by atoms with E-state index < -0.39 is 0 Å². The summed E-state index contributed by atoms with van der Waals surface area (Å²) >= 11 is 0. The van der Waals surface area contributed by atoms with E-state index in [9.17, 15) is 4.79 Å². The molecule has 2 aliphatic rings. The average molecular weight is 413 g/mol. The molecule has 1 amide bonds. The molecule has 152 valence electrons. The van der Waals surface area contributed by atoms with Crippen LogP contribution >= 0.6 is 12.4 Å². The summed E-state index contributed by atoms with van der Waals surface area (Å²) in [5.74, 6) is 0.0159. The van der Waals surface area contributed by atoms with E-state index in [1.807, 2.05) is 55.3 Å². The summed E-state index contributed by atoms with van der Waals surface area (Å²) in [4.78, 5) is 20.1. The Kier molecular flexibility index (Phi) is 5.32. The van der Waals surface area contributed by atoms with Gasteiger partial charge in [0, 0.05) is 30.7 Å². The normalized spacial score (nSPS) is 23.0. The molecule has 2 aromatic heterocycles. The summed E-state index contributed by atoms with van der Waals surface area (Å²) in [6, 6.07) is 13.1. The van der Waals surface area contributed by atoms with Crippen molar-refractivity contribution in [3.8, 4) is 11.3 Å². The maximum atomic E-state index is 13.5. The minimum absolute atomic E-state index is 0. The zero-order valence-electron chi connectivity index (χ0n) is 16.6. The van der Waals surface area contributed by atoms with Crippen LogP contribution in [0.4, 0.5) is 0 Å². The zero-order valence-corrected chi connectivity index (χ0v) is 17.4. The first-order chi connectivity index (χ1) is 13.6. The lowest BCUT2D eigenvalue weighted by Crippen LogP contribution is -2.48. The van der Waals surface area contributed by atoms with Crippen molar-refractivity contribution in [2.45, 2.75) is 50.7 Å². The number of hydrogen-bond acceptors (Lipinski definition) is 5. The van der Waals surface area contributed by atoms with Crippen molar-refractivity contribution in [3.63, 3.8) is 0 Å². The van der Waals surface area contributed by atoms with Crippen molar-refractivity contribution in [1.29, 1.82) is 0 Å². The fourth-order valence-corrected chi connectivity index (χ4v) is 4.72. The molecule has 1 N–H and O–H groups in total. The van der Waals surface area contributed by atoms with Crippen LogP contribution in [-0.4, -0.2) is 46.1 Å². The summed E-state index contributed by atoms with van der Waals surface area (Å²) in [6.45, 7) is 1.86. The van der Waals surface area contributed by atoms with Gasteiger partial charge in [0.1, 0.15) is 0 Å². The van der Waals surface area contributed by atoms with Gasteiger partial charge in [0.05, 0.1) is 22.3 Å². The van der Waals surface area contributed by atoms with Crippen LogP contribution in [0.3, 0.4) is 0 Å². The first-order valence-electron chi connectivity index (χ1n) is 9.96. The number of piperidine rings is 1. The quantitative estimate of drug-likeness (QED) is 0.704. The fraction of sp³-hybridized carbons (Fsp3) is 0.409. The molecule has 4 heterocycles. The number of benzene rings is 1. The van der Waals surface area contributed by atoms with E-state index in [4.69, 9.17) is 4.52 Å². The minimum atomic E-state index is 0. The Hall–Kier alpha value is -2.44. The lowest BCUT2D eigenvalue weighted by Gasteiger charge is -2.35. The topological polar surface area (TPSA) is 71.3 Å². The van der Waals surface area contributed by atoms with E-state index in [2.05, 4.69) is 15.5 Å². The molecule has 2 unspecified atom stereocenters. The first kappa shape index (κ1) is 19.9. The standard InChI is InChI=1S/C22H24N4O2.ClH/c1-13-20-18(22(27)26(2)17-10-15-8-9-16(11-17)23-15)12-19(24-21(20)28-25-13)14-6-4-3-5-7-14;/h3-7,12,15-17,23H,8-11H2,1-2H3;1H. The SMILES string of the molecule is Cc1noc2nc(-c3ccccc3)cc(C(=O)N(C)C3CC4CCC(C3)N4)c12.Cl. The van der Waals surface area contributed by atoms with E-state index in [0.29, 0.717) is 34.4 Å². The molecule has 2 aliphatic heterocycles. The van der Waals surface area contributed by atoms with Gasteiger partial charge in [0.15, 0.2) is 0 Å². The Morgan fingerprint density at radius 2 is 1.86 bits per heavy atom. The van der Waals surface area contributed by atoms with Crippen molar-refractivity contribution in [1.82, 2.24) is 20.4 Å². The lowest BCUT2D eigenvalue weighted by atomic mass is 9.97. The molecule has 0 saturated carbocycles. The highest BCUT2D eigenvalue weighted by Crippen LogP contribution is 2.32. The van der Waals surface area contributed by atoms with Gasteiger partial charge in [-0.1, -0.05) is 35.5 Å². The van der Waals surface area contributed by atoms with Crippen molar-refractivity contribution in [3.05, 3.63) is 47.7 Å². The molecule has 2 bridgehead atoms. The number of pyridine rings is 1. The van der Waals surface area contributed by atoms with Crippen LogP contribution in [0.1, 0.15) is 41.7 Å². The lowest BCUT2D eigenvalue weighted by molar-refractivity contribution is 0.0683. The van der Waals surface area contributed by atoms with Crippen LogP contribution in [0, 0.1) is 6.92 Å². The number of fused-ring (bicyclic) bond motifs is 3. The van der Waals surface area contributed by atoms with Crippen LogP contribution in [0.15, 0.2) is 40.9 Å².